The molecule has 0 radical (unpaired) electrons. The number of hydrogen-bond acceptors (Lipinski definition) is 5. The van der Waals surface area contributed by atoms with Gasteiger partial charge in [-0.3, -0.25) is 0 Å². The summed E-state index contributed by atoms with van der Waals surface area (Å²) in [5.41, 5.74) is 1.21. The zero-order chi connectivity index (χ0) is 15.6. The lowest BCUT2D eigenvalue weighted by Gasteiger charge is -2.33. The van der Waals surface area contributed by atoms with E-state index in [1.165, 1.54) is 42.9 Å². The SMILES string of the molecule is Cc1cnc(Nc2cccc(C[C@H]3CCC[C@@H]4CNC[C@@H]43)n2)s1. The van der Waals surface area contributed by atoms with Crippen molar-refractivity contribution in [1.29, 1.82) is 0 Å². The zero-order valence-corrected chi connectivity index (χ0v) is 14.4. The minimum absolute atomic E-state index is 0.786. The third kappa shape index (κ3) is 3.40. The van der Waals surface area contributed by atoms with Crippen molar-refractivity contribution in [3.63, 3.8) is 0 Å². The lowest BCUT2D eigenvalue weighted by molar-refractivity contribution is 0.197. The maximum absolute atomic E-state index is 4.82. The monoisotopic (exact) mass is 328 g/mol. The summed E-state index contributed by atoms with van der Waals surface area (Å²) in [5.74, 6) is 3.44. The molecular formula is C18H24N4S. The van der Waals surface area contributed by atoms with E-state index in [1.54, 1.807) is 11.3 Å². The molecule has 3 heterocycles. The van der Waals surface area contributed by atoms with Gasteiger partial charge in [0.1, 0.15) is 5.82 Å². The Hall–Kier alpha value is -1.46. The molecule has 0 aromatic carbocycles. The van der Waals surface area contributed by atoms with E-state index in [0.717, 1.165) is 35.1 Å². The molecule has 5 heteroatoms. The highest BCUT2D eigenvalue weighted by molar-refractivity contribution is 7.15. The van der Waals surface area contributed by atoms with Crippen LogP contribution in [0.15, 0.2) is 24.4 Å². The topological polar surface area (TPSA) is 49.8 Å². The van der Waals surface area contributed by atoms with Crippen LogP contribution in [0, 0.1) is 24.7 Å². The summed E-state index contributed by atoms with van der Waals surface area (Å²) in [6, 6.07) is 6.31. The van der Waals surface area contributed by atoms with Crippen molar-refractivity contribution in [3.8, 4) is 0 Å². The summed E-state index contributed by atoms with van der Waals surface area (Å²) >= 11 is 1.67. The minimum atomic E-state index is 0.786. The smallest absolute Gasteiger partial charge is 0.188 e. The first-order valence-corrected chi connectivity index (χ1v) is 9.46. The Kier molecular flexibility index (Phi) is 4.31. The van der Waals surface area contributed by atoms with Crippen molar-refractivity contribution in [1.82, 2.24) is 15.3 Å². The Balaban J connectivity index is 1.45. The Morgan fingerprint density at radius 2 is 2.26 bits per heavy atom. The van der Waals surface area contributed by atoms with Gasteiger partial charge in [0, 0.05) is 16.8 Å². The van der Waals surface area contributed by atoms with E-state index in [0.29, 0.717) is 0 Å². The van der Waals surface area contributed by atoms with Gasteiger partial charge in [-0.25, -0.2) is 9.97 Å². The third-order valence-electron chi connectivity index (χ3n) is 5.28. The van der Waals surface area contributed by atoms with E-state index in [-0.39, 0.29) is 0 Å². The number of nitrogens with one attached hydrogen (secondary N) is 2. The van der Waals surface area contributed by atoms with E-state index < -0.39 is 0 Å². The fourth-order valence-electron chi connectivity index (χ4n) is 4.18. The Morgan fingerprint density at radius 3 is 3.13 bits per heavy atom. The van der Waals surface area contributed by atoms with E-state index in [2.05, 4.69) is 34.7 Å². The zero-order valence-electron chi connectivity index (χ0n) is 13.6. The summed E-state index contributed by atoms with van der Waals surface area (Å²) in [7, 11) is 0. The van der Waals surface area contributed by atoms with Crippen LogP contribution in [0.2, 0.25) is 0 Å². The van der Waals surface area contributed by atoms with Crippen LogP contribution in [-0.4, -0.2) is 23.1 Å². The van der Waals surface area contributed by atoms with Crippen LogP contribution in [0.4, 0.5) is 10.9 Å². The van der Waals surface area contributed by atoms with Crippen LogP contribution in [0.3, 0.4) is 0 Å². The molecule has 0 bridgehead atoms. The predicted octanol–water partition coefficient (Wildman–Crippen LogP) is 3.77. The van der Waals surface area contributed by atoms with E-state index in [9.17, 15) is 0 Å². The first-order chi connectivity index (χ1) is 11.3. The maximum atomic E-state index is 4.82. The number of pyridine rings is 1. The molecule has 0 unspecified atom stereocenters. The highest BCUT2D eigenvalue weighted by Gasteiger charge is 2.36. The summed E-state index contributed by atoms with van der Waals surface area (Å²) in [4.78, 5) is 10.4. The Labute approximate surface area is 141 Å². The fourth-order valence-corrected chi connectivity index (χ4v) is 4.86. The number of aromatic nitrogens is 2. The van der Waals surface area contributed by atoms with Crippen molar-refractivity contribution < 1.29 is 0 Å². The van der Waals surface area contributed by atoms with Crippen molar-refractivity contribution in [2.24, 2.45) is 17.8 Å². The highest BCUT2D eigenvalue weighted by atomic mass is 32.1. The highest BCUT2D eigenvalue weighted by Crippen LogP contribution is 2.38. The van der Waals surface area contributed by atoms with Gasteiger partial charge in [0.15, 0.2) is 5.13 Å². The molecule has 0 amide bonds. The number of hydrogen-bond donors (Lipinski definition) is 2. The molecule has 2 aliphatic rings. The molecule has 2 aromatic rings. The number of rotatable bonds is 4. The van der Waals surface area contributed by atoms with Gasteiger partial charge in [0.25, 0.3) is 0 Å². The van der Waals surface area contributed by atoms with Crippen molar-refractivity contribution in [2.45, 2.75) is 32.6 Å². The molecule has 1 saturated carbocycles. The van der Waals surface area contributed by atoms with Gasteiger partial charge in [-0.15, -0.1) is 11.3 Å². The van der Waals surface area contributed by atoms with E-state index in [1.807, 2.05) is 12.3 Å². The van der Waals surface area contributed by atoms with Crippen LogP contribution in [0.1, 0.15) is 29.8 Å². The van der Waals surface area contributed by atoms with Gasteiger partial charge >= 0.3 is 0 Å². The molecule has 23 heavy (non-hydrogen) atoms. The van der Waals surface area contributed by atoms with Crippen LogP contribution in [0.25, 0.3) is 0 Å². The largest absolute Gasteiger partial charge is 0.316 e. The van der Waals surface area contributed by atoms with Gasteiger partial charge in [-0.05, 0) is 69.2 Å². The lowest BCUT2D eigenvalue weighted by atomic mass is 9.72. The summed E-state index contributed by atoms with van der Waals surface area (Å²) in [6.07, 6.45) is 7.14. The first kappa shape index (κ1) is 15.1. The second kappa shape index (κ2) is 6.57. The molecule has 1 aliphatic heterocycles. The second-order valence-corrected chi connectivity index (χ2v) is 8.13. The van der Waals surface area contributed by atoms with E-state index >= 15 is 0 Å². The lowest BCUT2D eigenvalue weighted by Crippen LogP contribution is -2.28. The van der Waals surface area contributed by atoms with Crippen molar-refractivity contribution in [3.05, 3.63) is 35.0 Å². The fraction of sp³-hybridized carbons (Fsp3) is 0.556. The quantitative estimate of drug-likeness (QED) is 0.897. The van der Waals surface area contributed by atoms with Crippen LogP contribution >= 0.6 is 11.3 Å². The standard InChI is InChI=1S/C18H24N4S/c1-12-9-20-18(23-12)22-17-7-3-6-15(21-17)8-13-4-2-5-14-10-19-11-16(13)14/h3,6-7,9,13-14,16,19H,2,4-5,8,10-11H2,1H3,(H,20,21,22)/t13-,14-,16-/m1/s1. The van der Waals surface area contributed by atoms with Gasteiger partial charge < -0.3 is 10.6 Å². The Morgan fingerprint density at radius 1 is 1.30 bits per heavy atom. The molecule has 122 valence electrons. The van der Waals surface area contributed by atoms with Gasteiger partial charge in [0.2, 0.25) is 0 Å². The number of fused-ring (bicyclic) bond motifs is 1. The summed E-state index contributed by atoms with van der Waals surface area (Å²) in [6.45, 7) is 4.49. The van der Waals surface area contributed by atoms with Crippen molar-refractivity contribution in [2.75, 3.05) is 18.4 Å². The Bertz CT molecular complexity index is 669. The summed E-state index contributed by atoms with van der Waals surface area (Å²) in [5, 5.41) is 7.84. The van der Waals surface area contributed by atoms with Crippen LogP contribution < -0.4 is 10.6 Å². The number of anilines is 2. The molecule has 4 rings (SSSR count). The second-order valence-electron chi connectivity index (χ2n) is 6.89. The van der Waals surface area contributed by atoms with Gasteiger partial charge in [0.05, 0.1) is 0 Å². The normalized spacial score (nSPS) is 26.9. The maximum Gasteiger partial charge on any atom is 0.188 e. The molecule has 1 aliphatic carbocycles. The minimum Gasteiger partial charge on any atom is -0.316 e. The average molecular weight is 328 g/mol. The first-order valence-electron chi connectivity index (χ1n) is 8.64. The molecule has 2 aromatic heterocycles. The summed E-state index contributed by atoms with van der Waals surface area (Å²) < 4.78 is 0. The van der Waals surface area contributed by atoms with Gasteiger partial charge in [-0.1, -0.05) is 12.5 Å². The van der Waals surface area contributed by atoms with Crippen molar-refractivity contribution >= 4 is 22.3 Å². The molecule has 1 saturated heterocycles. The van der Waals surface area contributed by atoms with E-state index in [4.69, 9.17) is 4.98 Å². The molecule has 3 atom stereocenters. The number of thiazole rings is 1. The van der Waals surface area contributed by atoms with Crippen LogP contribution in [-0.2, 0) is 6.42 Å². The van der Waals surface area contributed by atoms with Crippen LogP contribution in [0.5, 0.6) is 0 Å². The number of aryl methyl sites for hydroxylation is 1. The van der Waals surface area contributed by atoms with Gasteiger partial charge in [-0.2, -0.15) is 0 Å². The molecule has 4 nitrogen and oxygen atoms in total. The average Bonchev–Trinajstić information content (AvgIpc) is 3.17. The molecular weight excluding hydrogens is 304 g/mol. The molecule has 0 spiro atoms. The third-order valence-corrected chi connectivity index (χ3v) is 6.11. The molecule has 2 fully saturated rings. The number of nitrogens with zero attached hydrogens (tertiary/aromatic N) is 2. The molecule has 2 N–H and O–H groups in total. The predicted molar refractivity (Wildman–Crippen MR) is 95.3 cm³/mol.